The molecule has 1 fully saturated rings. The number of imide groups is 1. The van der Waals surface area contributed by atoms with E-state index in [0.29, 0.717) is 5.16 Å². The molecule has 24 heavy (non-hydrogen) atoms. The third-order valence-corrected chi connectivity index (χ3v) is 4.74. The highest BCUT2D eigenvalue weighted by Gasteiger charge is 2.24. The van der Waals surface area contributed by atoms with Crippen molar-refractivity contribution in [2.45, 2.75) is 31.0 Å². The molecule has 1 saturated carbocycles. The van der Waals surface area contributed by atoms with E-state index in [-0.39, 0.29) is 17.7 Å². The van der Waals surface area contributed by atoms with Crippen LogP contribution < -0.4 is 10.6 Å². The Morgan fingerprint density at radius 3 is 2.75 bits per heavy atom. The van der Waals surface area contributed by atoms with Gasteiger partial charge in [0.05, 0.1) is 5.75 Å². The van der Waals surface area contributed by atoms with Crippen LogP contribution in [-0.2, 0) is 11.8 Å². The van der Waals surface area contributed by atoms with Crippen LogP contribution in [0.4, 0.5) is 4.79 Å². The molecule has 3 amide bonds. The van der Waals surface area contributed by atoms with Gasteiger partial charge in [0, 0.05) is 18.7 Å². The van der Waals surface area contributed by atoms with Crippen molar-refractivity contribution >= 4 is 23.7 Å². The number of aryl methyl sites for hydroxylation is 1. The highest BCUT2D eigenvalue weighted by atomic mass is 32.2. The van der Waals surface area contributed by atoms with Crippen LogP contribution in [0.2, 0.25) is 0 Å². The fourth-order valence-corrected chi connectivity index (χ4v) is 2.95. The van der Waals surface area contributed by atoms with Crippen LogP contribution in [0.15, 0.2) is 29.4 Å². The quantitative estimate of drug-likeness (QED) is 0.808. The molecule has 0 radical (unpaired) electrons. The maximum atomic E-state index is 11.8. The Kier molecular flexibility index (Phi) is 4.84. The number of carbonyl (C=O) groups is 2. The molecule has 7 nitrogen and oxygen atoms in total. The van der Waals surface area contributed by atoms with Gasteiger partial charge in [0.1, 0.15) is 0 Å². The Bertz CT molecular complexity index is 770. The van der Waals surface area contributed by atoms with Crippen LogP contribution in [0.5, 0.6) is 0 Å². The zero-order chi connectivity index (χ0) is 17.1. The van der Waals surface area contributed by atoms with Crippen molar-refractivity contribution in [2.75, 3.05) is 5.75 Å². The number of hydrogen-bond donors (Lipinski definition) is 2. The molecule has 0 unspecified atom stereocenters. The molecule has 1 aliphatic rings. The van der Waals surface area contributed by atoms with Crippen molar-refractivity contribution in [3.63, 3.8) is 0 Å². The number of amides is 3. The number of carbonyl (C=O) groups excluding carboxylic acids is 2. The van der Waals surface area contributed by atoms with Crippen molar-refractivity contribution in [3.8, 4) is 11.4 Å². The summed E-state index contributed by atoms with van der Waals surface area (Å²) in [6.45, 7) is 2.02. The summed E-state index contributed by atoms with van der Waals surface area (Å²) in [5, 5.41) is 14.0. The number of aromatic nitrogens is 3. The largest absolute Gasteiger partial charge is 0.335 e. The third kappa shape index (κ3) is 3.94. The summed E-state index contributed by atoms with van der Waals surface area (Å²) in [6.07, 6.45) is 1.97. The first-order chi connectivity index (χ1) is 11.5. The van der Waals surface area contributed by atoms with Crippen LogP contribution in [0, 0.1) is 6.92 Å². The molecule has 2 N–H and O–H groups in total. The number of hydrogen-bond acceptors (Lipinski definition) is 5. The first-order valence-electron chi connectivity index (χ1n) is 7.73. The van der Waals surface area contributed by atoms with E-state index < -0.39 is 6.03 Å². The fourth-order valence-electron chi connectivity index (χ4n) is 2.24. The molecule has 1 heterocycles. The Morgan fingerprint density at radius 2 is 2.04 bits per heavy atom. The molecular weight excluding hydrogens is 326 g/mol. The van der Waals surface area contributed by atoms with E-state index in [1.54, 1.807) is 0 Å². The van der Waals surface area contributed by atoms with Crippen molar-refractivity contribution in [1.82, 2.24) is 25.4 Å². The molecule has 3 rings (SSSR count). The summed E-state index contributed by atoms with van der Waals surface area (Å²) in [4.78, 5) is 23.3. The van der Waals surface area contributed by atoms with E-state index >= 15 is 0 Å². The summed E-state index contributed by atoms with van der Waals surface area (Å²) in [5.74, 6) is 0.513. The van der Waals surface area contributed by atoms with Gasteiger partial charge in [-0.2, -0.15) is 0 Å². The van der Waals surface area contributed by atoms with Gasteiger partial charge in [-0.05, 0) is 25.3 Å². The second-order valence-electron chi connectivity index (χ2n) is 5.76. The van der Waals surface area contributed by atoms with E-state index in [0.717, 1.165) is 29.8 Å². The zero-order valence-corrected chi connectivity index (χ0v) is 14.4. The SMILES string of the molecule is Cc1ccccc1-c1nnc(SCC(=O)NC(=O)NC2CC2)n1C. The average Bonchev–Trinajstić information content (AvgIpc) is 3.28. The van der Waals surface area contributed by atoms with Gasteiger partial charge in [-0.3, -0.25) is 10.1 Å². The molecule has 0 saturated heterocycles. The van der Waals surface area contributed by atoms with E-state index in [1.807, 2.05) is 42.8 Å². The third-order valence-electron chi connectivity index (χ3n) is 3.72. The van der Waals surface area contributed by atoms with Crippen molar-refractivity contribution in [2.24, 2.45) is 7.05 Å². The van der Waals surface area contributed by atoms with E-state index in [1.165, 1.54) is 11.8 Å². The Balaban J connectivity index is 1.59. The predicted octanol–water partition coefficient (Wildman–Crippen LogP) is 1.87. The smallest absolute Gasteiger partial charge is 0.321 e. The molecule has 2 aromatic rings. The molecule has 8 heteroatoms. The standard InChI is InChI=1S/C16H19N5O2S/c1-10-5-3-4-6-12(10)14-19-20-16(21(14)2)24-9-13(22)18-15(23)17-11-7-8-11/h3-6,11H,7-9H2,1-2H3,(H2,17,18,22,23). The molecule has 126 valence electrons. The number of benzene rings is 1. The van der Waals surface area contributed by atoms with Gasteiger partial charge < -0.3 is 9.88 Å². The molecule has 0 aliphatic heterocycles. The van der Waals surface area contributed by atoms with E-state index in [4.69, 9.17) is 0 Å². The second-order valence-corrected chi connectivity index (χ2v) is 6.71. The molecule has 0 atom stereocenters. The van der Waals surface area contributed by atoms with Crippen LogP contribution in [0.1, 0.15) is 18.4 Å². The molecule has 0 bridgehead atoms. The monoisotopic (exact) mass is 345 g/mol. The maximum absolute atomic E-state index is 11.8. The normalized spacial score (nSPS) is 13.6. The second kappa shape index (κ2) is 7.04. The fraction of sp³-hybridized carbons (Fsp3) is 0.375. The lowest BCUT2D eigenvalue weighted by atomic mass is 10.1. The highest BCUT2D eigenvalue weighted by molar-refractivity contribution is 7.99. The Hall–Kier alpha value is -2.35. The van der Waals surface area contributed by atoms with Gasteiger partial charge in [0.15, 0.2) is 11.0 Å². The molecule has 1 aromatic carbocycles. The first-order valence-corrected chi connectivity index (χ1v) is 8.71. The Morgan fingerprint density at radius 1 is 1.29 bits per heavy atom. The minimum absolute atomic E-state index is 0.109. The van der Waals surface area contributed by atoms with Crippen molar-refractivity contribution in [1.29, 1.82) is 0 Å². The summed E-state index contributed by atoms with van der Waals surface area (Å²) in [7, 11) is 1.86. The number of urea groups is 1. The van der Waals surface area contributed by atoms with E-state index in [2.05, 4.69) is 20.8 Å². The van der Waals surface area contributed by atoms with Gasteiger partial charge in [-0.25, -0.2) is 4.79 Å². The lowest BCUT2D eigenvalue weighted by Gasteiger charge is -2.07. The van der Waals surface area contributed by atoms with Crippen LogP contribution >= 0.6 is 11.8 Å². The highest BCUT2D eigenvalue weighted by Crippen LogP contribution is 2.24. The molecular formula is C16H19N5O2S. The van der Waals surface area contributed by atoms with Crippen molar-refractivity contribution < 1.29 is 9.59 Å². The zero-order valence-electron chi connectivity index (χ0n) is 13.6. The average molecular weight is 345 g/mol. The van der Waals surface area contributed by atoms with Gasteiger partial charge in [-0.1, -0.05) is 36.0 Å². The molecule has 0 spiro atoms. The molecule has 1 aliphatic carbocycles. The number of rotatable bonds is 5. The lowest BCUT2D eigenvalue weighted by molar-refractivity contribution is -0.117. The van der Waals surface area contributed by atoms with Gasteiger partial charge in [0.25, 0.3) is 0 Å². The first kappa shape index (κ1) is 16.5. The summed E-state index contributed by atoms with van der Waals surface area (Å²) < 4.78 is 1.85. The van der Waals surface area contributed by atoms with Gasteiger partial charge in [-0.15, -0.1) is 10.2 Å². The number of nitrogens with zero attached hydrogens (tertiary/aromatic N) is 3. The van der Waals surface area contributed by atoms with Crippen molar-refractivity contribution in [3.05, 3.63) is 29.8 Å². The van der Waals surface area contributed by atoms with Gasteiger partial charge >= 0.3 is 6.03 Å². The topological polar surface area (TPSA) is 88.9 Å². The summed E-state index contributed by atoms with van der Waals surface area (Å²) in [5.41, 5.74) is 2.12. The minimum Gasteiger partial charge on any atom is -0.335 e. The van der Waals surface area contributed by atoms with Gasteiger partial charge in [0.2, 0.25) is 5.91 Å². The van der Waals surface area contributed by atoms with Crippen LogP contribution in [0.25, 0.3) is 11.4 Å². The van der Waals surface area contributed by atoms with Crippen LogP contribution in [-0.4, -0.2) is 38.5 Å². The lowest BCUT2D eigenvalue weighted by Crippen LogP contribution is -2.41. The maximum Gasteiger partial charge on any atom is 0.321 e. The number of thioether (sulfide) groups is 1. The molecule has 1 aromatic heterocycles. The summed E-state index contributed by atoms with van der Waals surface area (Å²) >= 11 is 1.25. The number of nitrogens with one attached hydrogen (secondary N) is 2. The summed E-state index contributed by atoms with van der Waals surface area (Å²) in [6, 6.07) is 7.73. The minimum atomic E-state index is -0.429. The predicted molar refractivity (Wildman–Crippen MR) is 91.6 cm³/mol. The Labute approximate surface area is 144 Å². The van der Waals surface area contributed by atoms with Crippen LogP contribution in [0.3, 0.4) is 0 Å². The van der Waals surface area contributed by atoms with E-state index in [9.17, 15) is 9.59 Å².